The number of hydrogen-bond acceptors (Lipinski definition) is 3. The summed E-state index contributed by atoms with van der Waals surface area (Å²) in [6.45, 7) is 0. The van der Waals surface area contributed by atoms with Crippen molar-refractivity contribution in [3.05, 3.63) is 78.8 Å². The molecule has 3 heterocycles. The van der Waals surface area contributed by atoms with Crippen LogP contribution in [0.15, 0.2) is 73.2 Å². The summed E-state index contributed by atoms with van der Waals surface area (Å²) in [6.07, 6.45) is 5.90. The van der Waals surface area contributed by atoms with Crippen LogP contribution < -0.4 is 5.32 Å². The number of nitrogens with zero attached hydrogens (tertiary/aromatic N) is 2. The molecule has 0 fully saturated rings. The van der Waals surface area contributed by atoms with E-state index in [1.54, 1.807) is 12.4 Å². The van der Waals surface area contributed by atoms with E-state index in [4.69, 9.17) is 0 Å². The van der Waals surface area contributed by atoms with Crippen molar-refractivity contribution < 1.29 is 4.79 Å². The highest BCUT2D eigenvalue weighted by molar-refractivity contribution is 6.01. The third kappa shape index (κ3) is 2.43. The molecule has 0 radical (unpaired) electrons. The minimum Gasteiger partial charge on any atom is -0.326 e. The lowest BCUT2D eigenvalue weighted by atomic mass is 9.97. The molecule has 0 unspecified atom stereocenters. The fraction of sp³-hybridized carbons (Fsp3) is 0.0455. The summed E-state index contributed by atoms with van der Waals surface area (Å²) >= 11 is 0. The third-order valence-corrected chi connectivity index (χ3v) is 4.80. The Labute approximate surface area is 150 Å². The Balaban J connectivity index is 1.67. The molecular formula is C22H15N3O. The zero-order valence-electron chi connectivity index (χ0n) is 13.9. The maximum Gasteiger partial charge on any atom is 0.228 e. The maximum absolute atomic E-state index is 11.6. The Morgan fingerprint density at radius 1 is 0.808 bits per heavy atom. The SMILES string of the molecule is O=C1Cc2ccc(-c3ccc4nccc(-c5ccncc5)c4c3)cc2N1. The number of benzene rings is 2. The van der Waals surface area contributed by atoms with Gasteiger partial charge in [0.15, 0.2) is 0 Å². The van der Waals surface area contributed by atoms with Crippen LogP contribution in [0.2, 0.25) is 0 Å². The van der Waals surface area contributed by atoms with Gasteiger partial charge in [0.25, 0.3) is 0 Å². The van der Waals surface area contributed by atoms with Crippen molar-refractivity contribution in [1.82, 2.24) is 9.97 Å². The molecule has 0 saturated heterocycles. The topological polar surface area (TPSA) is 54.9 Å². The molecule has 0 saturated carbocycles. The monoisotopic (exact) mass is 337 g/mol. The van der Waals surface area contributed by atoms with Crippen molar-refractivity contribution in [1.29, 1.82) is 0 Å². The van der Waals surface area contributed by atoms with Crippen molar-refractivity contribution in [2.45, 2.75) is 6.42 Å². The van der Waals surface area contributed by atoms with E-state index in [9.17, 15) is 4.79 Å². The van der Waals surface area contributed by atoms with Gasteiger partial charge in [-0.3, -0.25) is 14.8 Å². The summed E-state index contributed by atoms with van der Waals surface area (Å²) < 4.78 is 0. The van der Waals surface area contributed by atoms with Gasteiger partial charge >= 0.3 is 0 Å². The second kappa shape index (κ2) is 5.77. The Morgan fingerprint density at radius 2 is 1.62 bits per heavy atom. The Kier molecular flexibility index (Phi) is 3.28. The smallest absolute Gasteiger partial charge is 0.228 e. The van der Waals surface area contributed by atoms with Crippen LogP contribution in [0.1, 0.15) is 5.56 Å². The number of anilines is 1. The van der Waals surface area contributed by atoms with E-state index >= 15 is 0 Å². The van der Waals surface area contributed by atoms with Crippen molar-refractivity contribution in [2.75, 3.05) is 5.32 Å². The molecule has 2 aromatic heterocycles. The molecule has 26 heavy (non-hydrogen) atoms. The van der Waals surface area contributed by atoms with Gasteiger partial charge in [-0.2, -0.15) is 0 Å². The minimum atomic E-state index is 0.0554. The van der Waals surface area contributed by atoms with Crippen LogP contribution in [0.4, 0.5) is 5.69 Å². The van der Waals surface area contributed by atoms with Gasteiger partial charge in [-0.05, 0) is 64.2 Å². The fourth-order valence-electron chi connectivity index (χ4n) is 3.50. The summed E-state index contributed by atoms with van der Waals surface area (Å²) in [7, 11) is 0. The number of aromatic nitrogens is 2. The average molecular weight is 337 g/mol. The lowest BCUT2D eigenvalue weighted by molar-refractivity contribution is -0.115. The Bertz CT molecular complexity index is 1150. The third-order valence-electron chi connectivity index (χ3n) is 4.80. The van der Waals surface area contributed by atoms with Gasteiger partial charge in [-0.1, -0.05) is 18.2 Å². The number of carbonyl (C=O) groups is 1. The number of fused-ring (bicyclic) bond motifs is 2. The van der Waals surface area contributed by atoms with E-state index < -0.39 is 0 Å². The van der Waals surface area contributed by atoms with Gasteiger partial charge in [-0.25, -0.2) is 0 Å². The Hall–Kier alpha value is -3.53. The Morgan fingerprint density at radius 3 is 2.50 bits per heavy atom. The molecule has 124 valence electrons. The van der Waals surface area contributed by atoms with Gasteiger partial charge in [0.05, 0.1) is 11.9 Å². The van der Waals surface area contributed by atoms with Crippen molar-refractivity contribution in [3.8, 4) is 22.3 Å². The first-order chi connectivity index (χ1) is 12.8. The largest absolute Gasteiger partial charge is 0.326 e. The summed E-state index contributed by atoms with van der Waals surface area (Å²) in [5.74, 6) is 0.0554. The maximum atomic E-state index is 11.6. The summed E-state index contributed by atoms with van der Waals surface area (Å²) in [5.41, 5.74) is 7.35. The lowest BCUT2D eigenvalue weighted by Gasteiger charge is -2.10. The van der Waals surface area contributed by atoms with Crippen molar-refractivity contribution in [3.63, 3.8) is 0 Å². The van der Waals surface area contributed by atoms with Crippen LogP contribution in [-0.2, 0) is 11.2 Å². The van der Waals surface area contributed by atoms with Crippen molar-refractivity contribution in [2.24, 2.45) is 0 Å². The lowest BCUT2D eigenvalue weighted by Crippen LogP contribution is -2.03. The molecule has 1 aliphatic rings. The normalized spacial score (nSPS) is 12.8. The van der Waals surface area contributed by atoms with Crippen LogP contribution in [0.5, 0.6) is 0 Å². The number of nitrogens with one attached hydrogen (secondary N) is 1. The number of hydrogen-bond donors (Lipinski definition) is 1. The van der Waals surface area contributed by atoms with Gasteiger partial charge in [0.1, 0.15) is 0 Å². The highest BCUT2D eigenvalue weighted by Crippen LogP contribution is 2.33. The number of rotatable bonds is 2. The predicted octanol–water partition coefficient (Wildman–Crippen LogP) is 4.46. The van der Waals surface area contributed by atoms with Gasteiger partial charge < -0.3 is 5.32 Å². The molecule has 0 atom stereocenters. The van der Waals surface area contributed by atoms with Crippen LogP contribution in [-0.4, -0.2) is 15.9 Å². The van der Waals surface area contributed by atoms with E-state index in [-0.39, 0.29) is 5.91 Å². The van der Waals surface area contributed by atoms with Gasteiger partial charge in [-0.15, -0.1) is 0 Å². The predicted molar refractivity (Wildman–Crippen MR) is 103 cm³/mol. The molecular weight excluding hydrogens is 322 g/mol. The van der Waals surface area contributed by atoms with Crippen molar-refractivity contribution >= 4 is 22.5 Å². The zero-order valence-corrected chi connectivity index (χ0v) is 13.9. The minimum absolute atomic E-state index is 0.0554. The van der Waals surface area contributed by atoms with Gasteiger partial charge in [0, 0.05) is 29.7 Å². The average Bonchev–Trinajstić information content (AvgIpc) is 3.07. The molecule has 4 heteroatoms. The van der Waals surface area contributed by atoms with Crippen LogP contribution in [0.3, 0.4) is 0 Å². The molecule has 4 aromatic rings. The highest BCUT2D eigenvalue weighted by atomic mass is 16.1. The molecule has 5 rings (SSSR count). The molecule has 2 aromatic carbocycles. The first-order valence-electron chi connectivity index (χ1n) is 8.50. The van der Waals surface area contributed by atoms with Crippen LogP contribution >= 0.6 is 0 Å². The fourth-order valence-corrected chi connectivity index (χ4v) is 3.50. The van der Waals surface area contributed by atoms with E-state index in [2.05, 4.69) is 33.5 Å². The second-order valence-corrected chi connectivity index (χ2v) is 6.42. The van der Waals surface area contributed by atoms with E-state index in [1.807, 2.05) is 42.6 Å². The van der Waals surface area contributed by atoms with Crippen LogP contribution in [0.25, 0.3) is 33.2 Å². The summed E-state index contributed by atoms with van der Waals surface area (Å²) in [4.78, 5) is 20.2. The first-order valence-corrected chi connectivity index (χ1v) is 8.50. The molecule has 0 bridgehead atoms. The summed E-state index contributed by atoms with van der Waals surface area (Å²) in [6, 6.07) is 18.5. The number of carbonyl (C=O) groups excluding carboxylic acids is 1. The highest BCUT2D eigenvalue weighted by Gasteiger charge is 2.18. The molecule has 1 amide bonds. The van der Waals surface area contributed by atoms with Gasteiger partial charge in [0.2, 0.25) is 5.91 Å². The second-order valence-electron chi connectivity index (χ2n) is 6.42. The van der Waals surface area contributed by atoms with E-state index in [0.29, 0.717) is 6.42 Å². The summed E-state index contributed by atoms with van der Waals surface area (Å²) in [5, 5.41) is 4.02. The molecule has 0 spiro atoms. The number of pyridine rings is 2. The number of amides is 1. The molecule has 4 nitrogen and oxygen atoms in total. The molecule has 0 aliphatic carbocycles. The van der Waals surface area contributed by atoms with E-state index in [1.165, 1.54) is 0 Å². The standard InChI is InChI=1S/C22H15N3O/c26-22-13-17-2-1-16(12-21(17)25-22)15-3-4-20-19(11-15)18(7-10-24-20)14-5-8-23-9-6-14/h1-12H,13H2,(H,25,26). The zero-order chi connectivity index (χ0) is 17.5. The first kappa shape index (κ1) is 14.8. The van der Waals surface area contributed by atoms with Crippen LogP contribution in [0, 0.1) is 0 Å². The molecule has 1 aliphatic heterocycles. The molecule has 1 N–H and O–H groups in total. The quantitative estimate of drug-likeness (QED) is 0.587. The van der Waals surface area contributed by atoms with E-state index in [0.717, 1.165) is 44.4 Å².